The molecule has 0 heterocycles. The molecule has 1 aliphatic rings. The van der Waals surface area contributed by atoms with Crippen molar-refractivity contribution < 1.29 is 14.3 Å². The van der Waals surface area contributed by atoms with Crippen LogP contribution in [0.5, 0.6) is 0 Å². The van der Waals surface area contributed by atoms with Gasteiger partial charge in [0, 0.05) is 25.7 Å². The van der Waals surface area contributed by atoms with Crippen LogP contribution in [0.1, 0.15) is 45.4 Å². The van der Waals surface area contributed by atoms with Crippen LogP contribution in [-0.2, 0) is 14.3 Å². The lowest BCUT2D eigenvalue weighted by atomic mass is 10.1. The molecule has 0 spiro atoms. The molecular weight excluding hydrogens is 256 g/mol. The Hall–Kier alpha value is -0.650. The molecule has 0 unspecified atom stereocenters. The molecular formula is C15H30N2O3. The van der Waals surface area contributed by atoms with Gasteiger partial charge < -0.3 is 20.1 Å². The summed E-state index contributed by atoms with van der Waals surface area (Å²) in [5.41, 5.74) is 0. The van der Waals surface area contributed by atoms with Crippen LogP contribution in [0.3, 0.4) is 0 Å². The molecule has 2 N–H and O–H groups in total. The highest BCUT2D eigenvalue weighted by molar-refractivity contribution is 5.77. The summed E-state index contributed by atoms with van der Waals surface area (Å²) in [5, 5.41) is 6.39. The van der Waals surface area contributed by atoms with E-state index in [0.29, 0.717) is 32.4 Å². The van der Waals surface area contributed by atoms with Crippen molar-refractivity contribution >= 4 is 5.91 Å². The summed E-state index contributed by atoms with van der Waals surface area (Å²) >= 11 is 0. The van der Waals surface area contributed by atoms with Crippen molar-refractivity contribution in [2.45, 2.75) is 51.5 Å². The van der Waals surface area contributed by atoms with E-state index in [-0.39, 0.29) is 12.5 Å². The maximum absolute atomic E-state index is 11.5. The molecule has 20 heavy (non-hydrogen) atoms. The second-order valence-corrected chi connectivity index (χ2v) is 5.24. The van der Waals surface area contributed by atoms with Gasteiger partial charge in [-0.2, -0.15) is 0 Å². The predicted molar refractivity (Wildman–Crippen MR) is 79.8 cm³/mol. The van der Waals surface area contributed by atoms with E-state index in [4.69, 9.17) is 9.47 Å². The Labute approximate surface area is 122 Å². The Bertz CT molecular complexity index is 241. The highest BCUT2D eigenvalue weighted by Gasteiger charge is 2.10. The summed E-state index contributed by atoms with van der Waals surface area (Å²) in [7, 11) is 0. The molecule has 0 radical (unpaired) electrons. The summed E-state index contributed by atoms with van der Waals surface area (Å²) in [6.07, 6.45) is 7.94. The third kappa shape index (κ3) is 9.28. The van der Waals surface area contributed by atoms with E-state index < -0.39 is 0 Å². The monoisotopic (exact) mass is 286 g/mol. The summed E-state index contributed by atoms with van der Waals surface area (Å²) in [6, 6.07) is 0.636. The van der Waals surface area contributed by atoms with Gasteiger partial charge in [0.15, 0.2) is 0 Å². The van der Waals surface area contributed by atoms with Crippen molar-refractivity contribution in [1.82, 2.24) is 10.6 Å². The Morgan fingerprint density at radius 3 is 2.45 bits per heavy atom. The lowest BCUT2D eigenvalue weighted by molar-refractivity contribution is -0.126. The summed E-state index contributed by atoms with van der Waals surface area (Å²) in [5.74, 6) is -0.0517. The molecule has 1 rings (SSSR count). The zero-order valence-corrected chi connectivity index (χ0v) is 12.8. The van der Waals surface area contributed by atoms with E-state index in [1.807, 2.05) is 6.92 Å². The van der Waals surface area contributed by atoms with E-state index in [1.165, 1.54) is 38.5 Å². The van der Waals surface area contributed by atoms with Crippen LogP contribution in [0.25, 0.3) is 0 Å². The lowest BCUT2D eigenvalue weighted by Gasteiger charge is -2.16. The molecule has 0 aromatic heterocycles. The highest BCUT2D eigenvalue weighted by atomic mass is 16.5. The van der Waals surface area contributed by atoms with Crippen LogP contribution in [-0.4, -0.2) is 51.5 Å². The van der Waals surface area contributed by atoms with Gasteiger partial charge in [0.2, 0.25) is 5.91 Å². The molecule has 1 saturated carbocycles. The minimum Gasteiger partial charge on any atom is -0.379 e. The lowest BCUT2D eigenvalue weighted by Crippen LogP contribution is -2.38. The van der Waals surface area contributed by atoms with Gasteiger partial charge in [0.1, 0.15) is 6.61 Å². The number of ether oxygens (including phenoxy) is 2. The summed E-state index contributed by atoms with van der Waals surface area (Å²) in [6.45, 7) is 5.28. The first-order chi connectivity index (χ1) is 9.83. The summed E-state index contributed by atoms with van der Waals surface area (Å²) in [4.78, 5) is 11.5. The molecule has 1 fully saturated rings. The maximum Gasteiger partial charge on any atom is 0.246 e. The predicted octanol–water partition coefficient (Wildman–Crippen LogP) is 1.47. The van der Waals surface area contributed by atoms with E-state index >= 15 is 0 Å². The fourth-order valence-electron chi connectivity index (χ4n) is 2.44. The smallest absolute Gasteiger partial charge is 0.246 e. The van der Waals surface area contributed by atoms with Crippen LogP contribution in [0, 0.1) is 0 Å². The molecule has 5 heteroatoms. The van der Waals surface area contributed by atoms with Gasteiger partial charge >= 0.3 is 0 Å². The fourth-order valence-corrected chi connectivity index (χ4v) is 2.44. The van der Waals surface area contributed by atoms with Crippen LogP contribution in [0.2, 0.25) is 0 Å². The van der Waals surface area contributed by atoms with E-state index in [2.05, 4.69) is 10.6 Å². The number of rotatable bonds is 10. The van der Waals surface area contributed by atoms with Gasteiger partial charge in [-0.05, 0) is 19.8 Å². The minimum atomic E-state index is -0.0517. The number of amides is 1. The number of hydrogen-bond donors (Lipinski definition) is 2. The van der Waals surface area contributed by atoms with Crippen molar-refractivity contribution in [3.8, 4) is 0 Å². The third-order valence-electron chi connectivity index (χ3n) is 3.54. The highest BCUT2D eigenvalue weighted by Crippen LogP contribution is 2.16. The van der Waals surface area contributed by atoms with Crippen molar-refractivity contribution in [1.29, 1.82) is 0 Å². The number of hydrogen-bond acceptors (Lipinski definition) is 4. The third-order valence-corrected chi connectivity index (χ3v) is 3.54. The average Bonchev–Trinajstić information content (AvgIpc) is 2.72. The molecule has 5 nitrogen and oxygen atoms in total. The first-order valence-corrected chi connectivity index (χ1v) is 7.98. The zero-order valence-electron chi connectivity index (χ0n) is 12.8. The largest absolute Gasteiger partial charge is 0.379 e. The normalized spacial score (nSPS) is 16.9. The van der Waals surface area contributed by atoms with Gasteiger partial charge in [0.05, 0.1) is 13.2 Å². The van der Waals surface area contributed by atoms with Crippen LogP contribution < -0.4 is 10.6 Å². The van der Waals surface area contributed by atoms with Crippen LogP contribution in [0.15, 0.2) is 0 Å². The van der Waals surface area contributed by atoms with Crippen LogP contribution in [0.4, 0.5) is 0 Å². The van der Waals surface area contributed by atoms with E-state index in [0.717, 1.165) is 6.54 Å². The molecule has 118 valence electrons. The van der Waals surface area contributed by atoms with E-state index in [1.54, 1.807) is 0 Å². The van der Waals surface area contributed by atoms with Crippen molar-refractivity contribution in [2.24, 2.45) is 0 Å². The molecule has 0 saturated heterocycles. The summed E-state index contributed by atoms with van der Waals surface area (Å²) < 4.78 is 10.3. The first-order valence-electron chi connectivity index (χ1n) is 7.98. The van der Waals surface area contributed by atoms with Crippen molar-refractivity contribution in [3.05, 3.63) is 0 Å². The second kappa shape index (κ2) is 12.1. The Balaban J connectivity index is 1.90. The molecule has 0 aromatic rings. The van der Waals surface area contributed by atoms with Crippen LogP contribution >= 0.6 is 0 Å². The Kier molecular flexibility index (Phi) is 10.5. The maximum atomic E-state index is 11.5. The van der Waals surface area contributed by atoms with Gasteiger partial charge in [-0.1, -0.05) is 25.7 Å². The molecule has 0 atom stereocenters. The topological polar surface area (TPSA) is 59.6 Å². The average molecular weight is 286 g/mol. The molecule has 1 amide bonds. The quantitative estimate of drug-likeness (QED) is 0.471. The van der Waals surface area contributed by atoms with Gasteiger partial charge in [-0.25, -0.2) is 0 Å². The van der Waals surface area contributed by atoms with Crippen molar-refractivity contribution in [3.63, 3.8) is 0 Å². The number of carbonyl (C=O) groups excluding carboxylic acids is 1. The fraction of sp³-hybridized carbons (Fsp3) is 0.933. The number of nitrogens with one attached hydrogen (secondary N) is 2. The van der Waals surface area contributed by atoms with Gasteiger partial charge in [-0.15, -0.1) is 0 Å². The Morgan fingerprint density at radius 1 is 1.05 bits per heavy atom. The number of carbonyl (C=O) groups is 1. The first kappa shape index (κ1) is 17.4. The second-order valence-electron chi connectivity index (χ2n) is 5.24. The minimum absolute atomic E-state index is 0.0517. The molecule has 1 aliphatic carbocycles. The zero-order chi connectivity index (χ0) is 14.5. The van der Waals surface area contributed by atoms with Gasteiger partial charge in [-0.3, -0.25) is 4.79 Å². The van der Waals surface area contributed by atoms with E-state index in [9.17, 15) is 4.79 Å². The SMILES string of the molecule is CCOCCOCC(=O)NCCNC1CCCCCC1. The molecule has 0 aromatic carbocycles. The molecule has 0 aliphatic heterocycles. The Morgan fingerprint density at radius 2 is 1.75 bits per heavy atom. The molecule has 0 bridgehead atoms. The standard InChI is InChI=1S/C15H30N2O3/c1-2-19-11-12-20-13-15(18)17-10-9-16-14-7-5-3-4-6-8-14/h14,16H,2-13H2,1H3,(H,17,18). The van der Waals surface area contributed by atoms with Gasteiger partial charge in [0.25, 0.3) is 0 Å². The van der Waals surface area contributed by atoms with Crippen molar-refractivity contribution in [2.75, 3.05) is 39.5 Å².